The maximum Gasteiger partial charge on any atom is 0.335 e. The number of halogens is 2. The van der Waals surface area contributed by atoms with Crippen LogP contribution in [0.25, 0.3) is 6.08 Å². The van der Waals surface area contributed by atoms with Gasteiger partial charge in [0, 0.05) is 5.02 Å². The maximum atomic E-state index is 13.2. The van der Waals surface area contributed by atoms with E-state index in [-0.39, 0.29) is 29.5 Å². The second-order valence-electron chi connectivity index (χ2n) is 10.1. The lowest BCUT2D eigenvalue weighted by Crippen LogP contribution is -2.54. The molecule has 1 heterocycles. The molecule has 4 amide bonds. The van der Waals surface area contributed by atoms with Gasteiger partial charge < -0.3 is 14.2 Å². The van der Waals surface area contributed by atoms with Crippen LogP contribution in [-0.4, -0.2) is 38.2 Å². The van der Waals surface area contributed by atoms with Crippen LogP contribution in [0.2, 0.25) is 10.0 Å². The van der Waals surface area contributed by atoms with E-state index in [1.807, 2.05) is 12.1 Å². The lowest BCUT2D eigenvalue weighted by molar-refractivity contribution is -0.122. The third-order valence-corrected chi connectivity index (χ3v) is 7.84. The summed E-state index contributed by atoms with van der Waals surface area (Å²) in [7, 11) is 1.46. The molecule has 0 bridgehead atoms. The van der Waals surface area contributed by atoms with Crippen LogP contribution in [0.4, 0.5) is 10.5 Å². The highest BCUT2D eigenvalue weighted by molar-refractivity contribution is 6.39. The maximum absolute atomic E-state index is 13.2. The fourth-order valence-electron chi connectivity index (χ4n) is 5.19. The monoisotopic (exact) mass is 608 g/mol. The van der Waals surface area contributed by atoms with Crippen LogP contribution in [0.5, 0.6) is 17.2 Å². The molecule has 10 heteroatoms. The number of ether oxygens (including phenoxy) is 3. The molecule has 218 valence electrons. The molecular formula is C32H30Cl2N2O6. The van der Waals surface area contributed by atoms with Gasteiger partial charge >= 0.3 is 6.03 Å². The summed E-state index contributed by atoms with van der Waals surface area (Å²) in [5, 5.41) is 2.84. The summed E-state index contributed by atoms with van der Waals surface area (Å²) in [5.41, 5.74) is 1.78. The van der Waals surface area contributed by atoms with E-state index >= 15 is 0 Å². The molecule has 1 saturated carbocycles. The molecule has 3 aromatic rings. The average molecular weight is 610 g/mol. The van der Waals surface area contributed by atoms with Gasteiger partial charge in [-0.25, -0.2) is 9.69 Å². The molecule has 2 fully saturated rings. The number of benzene rings is 3. The SMILES string of the molecule is COc1cc(/C=C2/C(=O)NC(=O)N(c3ccc(Cl)cc3)C2=O)cc(Cl)c1OCCOc1ccc(C2CCCCC2)cc1. The lowest BCUT2D eigenvalue weighted by atomic mass is 9.84. The molecule has 0 spiro atoms. The minimum atomic E-state index is -0.855. The molecule has 0 radical (unpaired) electrons. The number of urea groups is 1. The van der Waals surface area contributed by atoms with Gasteiger partial charge in [0.1, 0.15) is 24.5 Å². The molecule has 0 unspecified atom stereocenters. The molecule has 5 rings (SSSR count). The Morgan fingerprint density at radius 1 is 0.905 bits per heavy atom. The van der Waals surface area contributed by atoms with Crippen LogP contribution in [0.3, 0.4) is 0 Å². The van der Waals surface area contributed by atoms with E-state index < -0.39 is 17.8 Å². The second kappa shape index (κ2) is 13.3. The van der Waals surface area contributed by atoms with Gasteiger partial charge in [0.2, 0.25) is 0 Å². The van der Waals surface area contributed by atoms with Crippen molar-refractivity contribution in [1.82, 2.24) is 5.32 Å². The lowest BCUT2D eigenvalue weighted by Gasteiger charge is -2.26. The topological polar surface area (TPSA) is 94.2 Å². The summed E-state index contributed by atoms with van der Waals surface area (Å²) in [6, 6.07) is 16.6. The number of methoxy groups -OCH3 is 1. The number of hydrogen-bond donors (Lipinski definition) is 1. The zero-order valence-corrected chi connectivity index (χ0v) is 24.5. The van der Waals surface area contributed by atoms with Crippen molar-refractivity contribution in [3.63, 3.8) is 0 Å². The number of nitrogens with one attached hydrogen (secondary N) is 1. The standard InChI is InChI=1S/C32H30Cl2N2O6/c1-40-28-19-20(17-26-30(37)35-32(39)36(31(26)38)24-11-9-23(33)10-12-24)18-27(34)29(28)42-16-15-41-25-13-7-22(8-14-25)21-5-3-2-4-6-21/h7-14,17-19,21H,2-6,15-16H2,1H3,(H,35,37,39)/b26-17-. The first kappa shape index (κ1) is 29.5. The number of hydrogen-bond acceptors (Lipinski definition) is 6. The van der Waals surface area contributed by atoms with Crippen molar-refractivity contribution in [1.29, 1.82) is 0 Å². The van der Waals surface area contributed by atoms with Crippen LogP contribution >= 0.6 is 23.2 Å². The number of nitrogens with zero attached hydrogens (tertiary/aromatic N) is 1. The first-order valence-corrected chi connectivity index (χ1v) is 14.5. The largest absolute Gasteiger partial charge is 0.493 e. The molecule has 2 aliphatic rings. The van der Waals surface area contributed by atoms with Gasteiger partial charge in [-0.3, -0.25) is 14.9 Å². The van der Waals surface area contributed by atoms with Gasteiger partial charge in [-0.1, -0.05) is 54.6 Å². The third kappa shape index (κ3) is 6.72. The van der Waals surface area contributed by atoms with Crippen molar-refractivity contribution in [2.24, 2.45) is 0 Å². The number of carbonyl (C=O) groups is 3. The molecule has 1 N–H and O–H groups in total. The van der Waals surface area contributed by atoms with Gasteiger partial charge in [0.25, 0.3) is 11.8 Å². The highest BCUT2D eigenvalue weighted by atomic mass is 35.5. The van der Waals surface area contributed by atoms with Crippen LogP contribution in [0.1, 0.15) is 49.1 Å². The van der Waals surface area contributed by atoms with Gasteiger partial charge in [-0.2, -0.15) is 0 Å². The Balaban J connectivity index is 1.24. The average Bonchev–Trinajstić information content (AvgIpc) is 2.99. The Hall–Kier alpha value is -4.01. The van der Waals surface area contributed by atoms with Gasteiger partial charge in [-0.15, -0.1) is 0 Å². The van der Waals surface area contributed by atoms with Crippen LogP contribution in [-0.2, 0) is 9.59 Å². The zero-order valence-electron chi connectivity index (χ0n) is 23.0. The summed E-state index contributed by atoms with van der Waals surface area (Å²) in [6.45, 7) is 0.497. The van der Waals surface area contributed by atoms with Crippen molar-refractivity contribution in [3.05, 3.63) is 87.4 Å². The van der Waals surface area contributed by atoms with Crippen molar-refractivity contribution in [2.75, 3.05) is 25.2 Å². The first-order valence-electron chi connectivity index (χ1n) is 13.7. The smallest absolute Gasteiger partial charge is 0.335 e. The summed E-state index contributed by atoms with van der Waals surface area (Å²) in [4.78, 5) is 39.1. The first-order chi connectivity index (χ1) is 20.3. The quantitative estimate of drug-likeness (QED) is 0.157. The summed E-state index contributed by atoms with van der Waals surface area (Å²) in [6.07, 6.45) is 7.75. The van der Waals surface area contributed by atoms with E-state index in [2.05, 4.69) is 17.4 Å². The molecule has 3 aromatic carbocycles. The fraction of sp³-hybridized carbons (Fsp3) is 0.281. The van der Waals surface area contributed by atoms with Crippen LogP contribution in [0.15, 0.2) is 66.2 Å². The van der Waals surface area contributed by atoms with Crippen molar-refractivity contribution < 1.29 is 28.6 Å². The molecule has 1 aliphatic heterocycles. The number of rotatable bonds is 9. The van der Waals surface area contributed by atoms with E-state index in [1.54, 1.807) is 24.3 Å². The highest BCUT2D eigenvalue weighted by Gasteiger charge is 2.37. The van der Waals surface area contributed by atoms with E-state index in [1.165, 1.54) is 63.0 Å². The van der Waals surface area contributed by atoms with Gasteiger partial charge in [0.05, 0.1) is 17.8 Å². The van der Waals surface area contributed by atoms with E-state index in [4.69, 9.17) is 37.4 Å². The minimum absolute atomic E-state index is 0.208. The van der Waals surface area contributed by atoms with E-state index in [0.29, 0.717) is 28.0 Å². The highest BCUT2D eigenvalue weighted by Crippen LogP contribution is 2.38. The third-order valence-electron chi connectivity index (χ3n) is 7.30. The van der Waals surface area contributed by atoms with Crippen molar-refractivity contribution in [2.45, 2.75) is 38.0 Å². The summed E-state index contributed by atoms with van der Waals surface area (Å²) in [5.74, 6) is 0.398. The fourth-order valence-corrected chi connectivity index (χ4v) is 5.59. The van der Waals surface area contributed by atoms with Gasteiger partial charge in [-0.05, 0) is 84.5 Å². The molecule has 1 aliphatic carbocycles. The molecule has 8 nitrogen and oxygen atoms in total. The normalized spacial score (nSPS) is 16.9. The summed E-state index contributed by atoms with van der Waals surface area (Å²) < 4.78 is 17.2. The second-order valence-corrected chi connectivity index (χ2v) is 10.9. The van der Waals surface area contributed by atoms with E-state index in [9.17, 15) is 14.4 Å². The molecule has 0 atom stereocenters. The Labute approximate surface area is 254 Å². The Bertz CT molecular complexity index is 1500. The molecular weight excluding hydrogens is 579 g/mol. The molecule has 42 heavy (non-hydrogen) atoms. The summed E-state index contributed by atoms with van der Waals surface area (Å²) >= 11 is 12.4. The predicted octanol–water partition coefficient (Wildman–Crippen LogP) is 7.17. The Morgan fingerprint density at radius 2 is 1.60 bits per heavy atom. The number of imide groups is 2. The van der Waals surface area contributed by atoms with Crippen LogP contribution in [0, 0.1) is 0 Å². The van der Waals surface area contributed by atoms with Crippen molar-refractivity contribution >= 4 is 52.8 Å². The minimum Gasteiger partial charge on any atom is -0.493 e. The Morgan fingerprint density at radius 3 is 2.29 bits per heavy atom. The molecule has 1 saturated heterocycles. The van der Waals surface area contributed by atoms with Gasteiger partial charge in [0.15, 0.2) is 11.5 Å². The number of anilines is 1. The zero-order chi connectivity index (χ0) is 29.6. The number of barbiturate groups is 1. The molecule has 0 aromatic heterocycles. The van der Waals surface area contributed by atoms with Crippen molar-refractivity contribution in [3.8, 4) is 17.2 Å². The predicted molar refractivity (Wildman–Crippen MR) is 162 cm³/mol. The number of amides is 4. The van der Waals surface area contributed by atoms with Crippen LogP contribution < -0.4 is 24.4 Å². The van der Waals surface area contributed by atoms with E-state index in [0.717, 1.165) is 10.6 Å². The number of carbonyl (C=O) groups excluding carboxylic acids is 3. The Kier molecular flexibility index (Phi) is 9.35.